The third-order valence-electron chi connectivity index (χ3n) is 5.78. The van der Waals surface area contributed by atoms with Gasteiger partial charge >= 0.3 is 5.97 Å². The topological polar surface area (TPSA) is 88.7 Å². The van der Waals surface area contributed by atoms with Gasteiger partial charge in [0.25, 0.3) is 0 Å². The van der Waals surface area contributed by atoms with Crippen molar-refractivity contribution in [1.29, 1.82) is 5.26 Å². The minimum atomic E-state index is -0.502. The number of esters is 1. The van der Waals surface area contributed by atoms with E-state index in [-0.39, 0.29) is 18.1 Å². The van der Waals surface area contributed by atoms with Gasteiger partial charge < -0.3 is 13.6 Å². The van der Waals surface area contributed by atoms with Crippen molar-refractivity contribution >= 4 is 29.7 Å². The summed E-state index contributed by atoms with van der Waals surface area (Å²) < 4.78 is 17.2. The Morgan fingerprint density at radius 1 is 0.947 bits per heavy atom. The summed E-state index contributed by atoms with van der Waals surface area (Å²) in [5.41, 5.74) is 3.62. The van der Waals surface area contributed by atoms with Crippen LogP contribution in [0.3, 0.4) is 0 Å². The van der Waals surface area contributed by atoms with E-state index in [1.165, 1.54) is 6.21 Å². The van der Waals surface area contributed by atoms with Crippen molar-refractivity contribution in [1.82, 2.24) is 0 Å². The zero-order valence-electron chi connectivity index (χ0n) is 20.4. The van der Waals surface area contributed by atoms with Gasteiger partial charge in [-0.1, -0.05) is 72.3 Å². The van der Waals surface area contributed by atoms with Crippen molar-refractivity contribution < 1.29 is 18.4 Å². The smallest absolute Gasteiger partial charge is 0.339 e. The summed E-state index contributed by atoms with van der Waals surface area (Å²) in [7, 11) is 0. The Bertz CT molecular complexity index is 1660. The molecule has 0 radical (unpaired) electrons. The first-order valence-corrected chi connectivity index (χ1v) is 12.3. The fourth-order valence-electron chi connectivity index (χ4n) is 4.03. The summed E-state index contributed by atoms with van der Waals surface area (Å²) in [6.45, 7) is 1.98. The monoisotopic (exact) mass is 520 g/mol. The Hall–Kier alpha value is -4.86. The molecule has 0 aliphatic heterocycles. The number of aliphatic imine (C=N–C) groups is 1. The molecule has 0 saturated heterocycles. The molecule has 0 spiro atoms. The summed E-state index contributed by atoms with van der Waals surface area (Å²) in [6, 6.07) is 30.0. The van der Waals surface area contributed by atoms with Crippen LogP contribution in [0, 0.1) is 11.3 Å². The molecule has 38 heavy (non-hydrogen) atoms. The van der Waals surface area contributed by atoms with Crippen LogP contribution in [-0.4, -0.2) is 18.8 Å². The van der Waals surface area contributed by atoms with Crippen molar-refractivity contribution in [3.05, 3.63) is 113 Å². The Labute approximate surface area is 224 Å². The Balaban J connectivity index is 1.50. The summed E-state index contributed by atoms with van der Waals surface area (Å²) >= 11 is 6.18. The maximum Gasteiger partial charge on any atom is 0.339 e. The number of nitrogens with zero attached hydrogens (tertiary/aromatic N) is 2. The number of rotatable bonds is 7. The molecule has 0 fully saturated rings. The van der Waals surface area contributed by atoms with Crippen molar-refractivity contribution in [3.63, 3.8) is 0 Å². The number of hydrogen-bond donors (Lipinski definition) is 0. The lowest BCUT2D eigenvalue weighted by atomic mass is 9.98. The van der Waals surface area contributed by atoms with E-state index in [0.29, 0.717) is 39.0 Å². The number of furan rings is 2. The van der Waals surface area contributed by atoms with Gasteiger partial charge in [0.1, 0.15) is 28.9 Å². The van der Waals surface area contributed by atoms with Crippen LogP contribution >= 0.6 is 11.6 Å². The first-order chi connectivity index (χ1) is 18.6. The first-order valence-electron chi connectivity index (χ1n) is 11.9. The van der Waals surface area contributed by atoms with E-state index in [2.05, 4.69) is 11.1 Å². The van der Waals surface area contributed by atoms with E-state index in [9.17, 15) is 10.1 Å². The Morgan fingerprint density at radius 3 is 2.34 bits per heavy atom. The summed E-state index contributed by atoms with van der Waals surface area (Å²) in [5.74, 6) is 1.20. The number of nitriles is 1. The predicted octanol–water partition coefficient (Wildman–Crippen LogP) is 8.33. The second kappa shape index (κ2) is 11.0. The van der Waals surface area contributed by atoms with Crippen LogP contribution in [0.5, 0.6) is 0 Å². The molecule has 3 aromatic carbocycles. The van der Waals surface area contributed by atoms with Crippen molar-refractivity contribution in [3.8, 4) is 39.8 Å². The van der Waals surface area contributed by atoms with Gasteiger partial charge in [-0.15, -0.1) is 0 Å². The van der Waals surface area contributed by atoms with Gasteiger partial charge in [0.15, 0.2) is 0 Å². The quantitative estimate of drug-likeness (QED) is 0.159. The molecule has 0 aliphatic carbocycles. The van der Waals surface area contributed by atoms with Crippen LogP contribution in [0.4, 0.5) is 5.88 Å². The van der Waals surface area contributed by atoms with E-state index >= 15 is 0 Å². The van der Waals surface area contributed by atoms with Gasteiger partial charge in [-0.2, -0.15) is 5.26 Å². The SMILES string of the molecule is CCOC(=O)c1cc(-c2ccc(C=Nc3oc(-c4ccccc4)c(-c4ccccc4)c3C#N)o2)ccc1Cl. The molecule has 5 aromatic rings. The summed E-state index contributed by atoms with van der Waals surface area (Å²) in [6.07, 6.45) is 1.49. The van der Waals surface area contributed by atoms with Crippen LogP contribution in [0.25, 0.3) is 33.8 Å². The van der Waals surface area contributed by atoms with Gasteiger partial charge in [0.05, 0.1) is 23.4 Å². The second-order valence-electron chi connectivity index (χ2n) is 8.21. The predicted molar refractivity (Wildman–Crippen MR) is 147 cm³/mol. The molecule has 0 amide bonds. The highest BCUT2D eigenvalue weighted by Gasteiger charge is 2.22. The maximum atomic E-state index is 12.2. The number of ether oxygens (including phenoxy) is 1. The lowest BCUT2D eigenvalue weighted by Crippen LogP contribution is -2.05. The molecule has 0 saturated carbocycles. The normalized spacial score (nSPS) is 11.0. The first kappa shape index (κ1) is 24.8. The van der Waals surface area contributed by atoms with Crippen LogP contribution < -0.4 is 0 Å². The molecule has 2 aromatic heterocycles. The van der Waals surface area contributed by atoms with Crippen LogP contribution in [0.2, 0.25) is 5.02 Å². The number of benzene rings is 3. The second-order valence-corrected chi connectivity index (χ2v) is 8.61. The average molecular weight is 521 g/mol. The molecule has 0 bridgehead atoms. The standard InChI is InChI=1S/C31H21ClN2O4/c1-2-36-31(35)24-17-22(13-15-26(24)32)27-16-14-23(37-27)19-34-30-25(18-33)28(20-9-5-3-6-10-20)29(38-30)21-11-7-4-8-12-21/h3-17,19H,2H2,1H3. The lowest BCUT2D eigenvalue weighted by Gasteiger charge is -2.05. The molecule has 0 unspecified atom stereocenters. The highest BCUT2D eigenvalue weighted by molar-refractivity contribution is 6.33. The summed E-state index contributed by atoms with van der Waals surface area (Å²) in [4.78, 5) is 16.7. The van der Waals surface area contributed by atoms with Gasteiger partial charge in [-0.3, -0.25) is 0 Å². The molecule has 0 atom stereocenters. The highest BCUT2D eigenvalue weighted by atomic mass is 35.5. The minimum Gasteiger partial charge on any atom is -0.462 e. The zero-order chi connectivity index (χ0) is 26.5. The van der Waals surface area contributed by atoms with Crippen LogP contribution in [0.1, 0.15) is 28.6 Å². The minimum absolute atomic E-state index is 0.180. The van der Waals surface area contributed by atoms with Crippen LogP contribution in [0.15, 0.2) is 105 Å². The van der Waals surface area contributed by atoms with E-state index in [4.69, 9.17) is 25.2 Å². The molecule has 0 N–H and O–H groups in total. The lowest BCUT2D eigenvalue weighted by molar-refractivity contribution is 0.0526. The Morgan fingerprint density at radius 2 is 1.66 bits per heavy atom. The van der Waals surface area contributed by atoms with E-state index in [1.807, 2.05) is 60.7 Å². The summed E-state index contributed by atoms with van der Waals surface area (Å²) in [5, 5.41) is 10.3. The fraction of sp³-hybridized carbons (Fsp3) is 0.0645. The highest BCUT2D eigenvalue weighted by Crippen LogP contribution is 2.42. The largest absolute Gasteiger partial charge is 0.462 e. The third kappa shape index (κ3) is 5.01. The number of halogens is 1. The molecule has 6 nitrogen and oxygen atoms in total. The molecule has 5 rings (SSSR count). The molecule has 2 heterocycles. The maximum absolute atomic E-state index is 12.2. The van der Waals surface area contributed by atoms with Gasteiger partial charge in [0, 0.05) is 16.7 Å². The zero-order valence-corrected chi connectivity index (χ0v) is 21.1. The van der Waals surface area contributed by atoms with Crippen molar-refractivity contribution in [2.45, 2.75) is 6.92 Å². The van der Waals surface area contributed by atoms with Gasteiger partial charge in [0.2, 0.25) is 5.88 Å². The molecular formula is C31H21ClN2O4. The number of hydrogen-bond acceptors (Lipinski definition) is 6. The average Bonchev–Trinajstić information content (AvgIpc) is 3.58. The molecular weight excluding hydrogens is 500 g/mol. The molecule has 7 heteroatoms. The van der Waals surface area contributed by atoms with Crippen molar-refractivity contribution in [2.75, 3.05) is 6.61 Å². The van der Waals surface area contributed by atoms with Gasteiger partial charge in [-0.05, 0) is 42.8 Å². The van der Waals surface area contributed by atoms with Crippen molar-refractivity contribution in [2.24, 2.45) is 4.99 Å². The Kier molecular flexibility index (Phi) is 7.21. The third-order valence-corrected chi connectivity index (χ3v) is 6.11. The number of carbonyl (C=O) groups excluding carboxylic acids is 1. The van der Waals surface area contributed by atoms with Crippen LogP contribution in [-0.2, 0) is 4.74 Å². The molecule has 0 aliphatic rings. The van der Waals surface area contributed by atoms with Gasteiger partial charge in [-0.25, -0.2) is 9.79 Å². The van der Waals surface area contributed by atoms with E-state index < -0.39 is 5.97 Å². The van der Waals surface area contributed by atoms with E-state index in [0.717, 1.165) is 11.1 Å². The number of carbonyl (C=O) groups is 1. The molecule has 186 valence electrons. The fourth-order valence-corrected chi connectivity index (χ4v) is 4.22. The van der Waals surface area contributed by atoms with E-state index in [1.54, 1.807) is 37.3 Å².